The number of benzene rings is 1. The average Bonchev–Trinajstić information content (AvgIpc) is 3.09. The molecule has 1 aromatic heterocycles. The van der Waals surface area contributed by atoms with Gasteiger partial charge in [-0.3, -0.25) is 4.79 Å². The van der Waals surface area contributed by atoms with E-state index >= 15 is 0 Å². The molecule has 1 saturated carbocycles. The zero-order valence-electron chi connectivity index (χ0n) is 10.4. The van der Waals surface area contributed by atoms with Crippen LogP contribution in [0.25, 0.3) is 11.0 Å². The van der Waals surface area contributed by atoms with Crippen LogP contribution in [0.2, 0.25) is 0 Å². The van der Waals surface area contributed by atoms with Gasteiger partial charge in [0.15, 0.2) is 11.6 Å². The lowest BCUT2D eigenvalue weighted by Crippen LogP contribution is -2.29. The second-order valence-electron chi connectivity index (χ2n) is 4.84. The van der Waals surface area contributed by atoms with Gasteiger partial charge >= 0.3 is 0 Å². The third kappa shape index (κ3) is 2.30. The smallest absolute Gasteiger partial charge is 0.240 e. The van der Waals surface area contributed by atoms with Crippen LogP contribution in [-0.4, -0.2) is 21.5 Å². The van der Waals surface area contributed by atoms with Gasteiger partial charge in [0.2, 0.25) is 5.91 Å². The fourth-order valence-electron chi connectivity index (χ4n) is 2.08. The molecule has 100 valence electrons. The molecule has 2 aromatic rings. The number of amides is 1. The second-order valence-corrected chi connectivity index (χ2v) is 4.84. The maximum atomic E-state index is 13.3. The van der Waals surface area contributed by atoms with Crippen molar-refractivity contribution >= 4 is 16.9 Å². The van der Waals surface area contributed by atoms with Crippen LogP contribution < -0.4 is 5.32 Å². The molecule has 0 saturated heterocycles. The molecule has 0 atom stereocenters. The maximum absolute atomic E-state index is 13.3. The van der Waals surface area contributed by atoms with E-state index in [2.05, 4.69) is 10.3 Å². The summed E-state index contributed by atoms with van der Waals surface area (Å²) in [5.74, 6) is -1.43. The minimum absolute atomic E-state index is 0.0733. The number of carbonyl (C=O) groups is 1. The summed E-state index contributed by atoms with van der Waals surface area (Å²) in [5.41, 5.74) is 0.790. The van der Waals surface area contributed by atoms with E-state index in [-0.39, 0.29) is 18.5 Å². The van der Waals surface area contributed by atoms with E-state index in [1.807, 2.05) is 0 Å². The first-order valence-electron chi connectivity index (χ1n) is 6.16. The van der Waals surface area contributed by atoms with Crippen LogP contribution in [0.3, 0.4) is 0 Å². The highest BCUT2D eigenvalue weighted by atomic mass is 19.2. The van der Waals surface area contributed by atoms with Crippen molar-refractivity contribution in [1.82, 2.24) is 14.9 Å². The molecular weight excluding hydrogens is 252 g/mol. The summed E-state index contributed by atoms with van der Waals surface area (Å²) in [7, 11) is 0. The summed E-state index contributed by atoms with van der Waals surface area (Å²) in [6, 6.07) is 2.40. The normalized spacial score (nSPS) is 14.9. The van der Waals surface area contributed by atoms with Crippen molar-refractivity contribution in [3.63, 3.8) is 0 Å². The van der Waals surface area contributed by atoms with E-state index in [1.165, 1.54) is 0 Å². The minimum atomic E-state index is -0.934. The summed E-state index contributed by atoms with van der Waals surface area (Å²) < 4.78 is 28.0. The Balaban J connectivity index is 1.94. The molecule has 3 rings (SSSR count). The zero-order chi connectivity index (χ0) is 13.6. The summed E-state index contributed by atoms with van der Waals surface area (Å²) in [4.78, 5) is 15.9. The average molecular weight is 265 g/mol. The molecule has 4 nitrogen and oxygen atoms in total. The Morgan fingerprint density at radius 1 is 1.42 bits per heavy atom. The number of aromatic nitrogens is 2. The molecule has 1 aliphatic carbocycles. The van der Waals surface area contributed by atoms with Crippen LogP contribution in [0.5, 0.6) is 0 Å². The lowest BCUT2D eigenvalue weighted by molar-refractivity contribution is -0.121. The van der Waals surface area contributed by atoms with Crippen LogP contribution >= 0.6 is 0 Å². The first-order chi connectivity index (χ1) is 9.04. The summed E-state index contributed by atoms with van der Waals surface area (Å²) in [5, 5.41) is 2.85. The fraction of sp³-hybridized carbons (Fsp3) is 0.385. The van der Waals surface area contributed by atoms with Crippen LogP contribution in [-0.2, 0) is 11.3 Å². The van der Waals surface area contributed by atoms with Gasteiger partial charge in [-0.1, -0.05) is 0 Å². The Hall–Kier alpha value is -1.98. The number of carbonyl (C=O) groups excluding carboxylic acids is 1. The molecule has 1 aromatic carbocycles. The maximum Gasteiger partial charge on any atom is 0.240 e. The molecule has 1 fully saturated rings. The first-order valence-corrected chi connectivity index (χ1v) is 6.16. The molecule has 19 heavy (non-hydrogen) atoms. The quantitative estimate of drug-likeness (QED) is 0.921. The van der Waals surface area contributed by atoms with Crippen molar-refractivity contribution in [2.45, 2.75) is 32.4 Å². The molecule has 1 heterocycles. The standard InChI is InChI=1S/C13H13F2N3O/c1-7-16-11-4-9(14)10(15)5-12(11)18(7)6-13(19)17-8-2-3-8/h4-5,8H,2-3,6H2,1H3,(H,17,19). The highest BCUT2D eigenvalue weighted by Gasteiger charge is 2.24. The summed E-state index contributed by atoms with van der Waals surface area (Å²) >= 11 is 0. The van der Waals surface area contributed by atoms with Gasteiger partial charge < -0.3 is 9.88 Å². The molecule has 0 bridgehead atoms. The van der Waals surface area contributed by atoms with Gasteiger partial charge in [0.1, 0.15) is 12.4 Å². The third-order valence-corrected chi connectivity index (χ3v) is 3.23. The molecule has 0 aliphatic heterocycles. The Labute approximate surface area is 108 Å². The highest BCUT2D eigenvalue weighted by Crippen LogP contribution is 2.21. The molecule has 6 heteroatoms. The largest absolute Gasteiger partial charge is 0.352 e. The van der Waals surface area contributed by atoms with Gasteiger partial charge in [-0.15, -0.1) is 0 Å². The van der Waals surface area contributed by atoms with E-state index in [1.54, 1.807) is 11.5 Å². The van der Waals surface area contributed by atoms with Crippen molar-refractivity contribution in [3.8, 4) is 0 Å². The van der Waals surface area contributed by atoms with Gasteiger partial charge in [-0.05, 0) is 19.8 Å². The van der Waals surface area contributed by atoms with Crippen molar-refractivity contribution in [1.29, 1.82) is 0 Å². The third-order valence-electron chi connectivity index (χ3n) is 3.23. The lowest BCUT2D eigenvalue weighted by atomic mass is 10.3. The highest BCUT2D eigenvalue weighted by molar-refractivity contribution is 5.81. The van der Waals surface area contributed by atoms with Crippen molar-refractivity contribution in [3.05, 3.63) is 29.6 Å². The Bertz CT molecular complexity index is 661. The van der Waals surface area contributed by atoms with Crippen molar-refractivity contribution in [2.75, 3.05) is 0 Å². The van der Waals surface area contributed by atoms with E-state index in [0.717, 1.165) is 25.0 Å². The van der Waals surface area contributed by atoms with Crippen molar-refractivity contribution in [2.24, 2.45) is 0 Å². The molecule has 0 spiro atoms. The predicted octanol–water partition coefficient (Wildman–Crippen LogP) is 1.90. The van der Waals surface area contributed by atoms with Crippen LogP contribution in [0.4, 0.5) is 8.78 Å². The minimum Gasteiger partial charge on any atom is -0.352 e. The Morgan fingerprint density at radius 3 is 2.79 bits per heavy atom. The topological polar surface area (TPSA) is 46.9 Å². The van der Waals surface area contributed by atoms with Gasteiger partial charge in [0, 0.05) is 18.2 Å². The van der Waals surface area contributed by atoms with Gasteiger partial charge in [-0.2, -0.15) is 0 Å². The molecule has 0 radical (unpaired) electrons. The van der Waals surface area contributed by atoms with E-state index < -0.39 is 11.6 Å². The number of imidazole rings is 1. The fourth-order valence-corrected chi connectivity index (χ4v) is 2.08. The number of fused-ring (bicyclic) bond motifs is 1. The number of hydrogen-bond donors (Lipinski definition) is 1. The predicted molar refractivity (Wildman–Crippen MR) is 65.6 cm³/mol. The Morgan fingerprint density at radius 2 is 2.11 bits per heavy atom. The monoisotopic (exact) mass is 265 g/mol. The van der Waals surface area contributed by atoms with Crippen LogP contribution in [0.1, 0.15) is 18.7 Å². The number of halogens is 2. The number of aryl methyl sites for hydroxylation is 1. The second kappa shape index (κ2) is 4.29. The van der Waals surface area contributed by atoms with Gasteiger partial charge in [0.25, 0.3) is 0 Å². The number of nitrogens with one attached hydrogen (secondary N) is 1. The van der Waals surface area contributed by atoms with Gasteiger partial charge in [-0.25, -0.2) is 13.8 Å². The molecule has 0 unspecified atom stereocenters. The van der Waals surface area contributed by atoms with E-state index in [0.29, 0.717) is 16.9 Å². The number of hydrogen-bond acceptors (Lipinski definition) is 2. The molecular formula is C13H13F2N3O. The van der Waals surface area contributed by atoms with E-state index in [9.17, 15) is 13.6 Å². The molecule has 1 aliphatic rings. The Kier molecular flexibility index (Phi) is 2.73. The number of rotatable bonds is 3. The lowest BCUT2D eigenvalue weighted by Gasteiger charge is -2.07. The SMILES string of the molecule is Cc1nc2cc(F)c(F)cc2n1CC(=O)NC1CC1. The molecule has 1 amide bonds. The summed E-state index contributed by atoms with van der Waals surface area (Å²) in [6.45, 7) is 1.78. The van der Waals surface area contributed by atoms with Crippen molar-refractivity contribution < 1.29 is 13.6 Å². The van der Waals surface area contributed by atoms with Crippen LogP contribution in [0.15, 0.2) is 12.1 Å². The summed E-state index contributed by atoms with van der Waals surface area (Å²) in [6.07, 6.45) is 2.02. The van der Waals surface area contributed by atoms with E-state index in [4.69, 9.17) is 0 Å². The number of nitrogens with zero attached hydrogens (tertiary/aromatic N) is 2. The van der Waals surface area contributed by atoms with Crippen LogP contribution in [0, 0.1) is 18.6 Å². The first kappa shape index (κ1) is 12.1. The zero-order valence-corrected chi connectivity index (χ0v) is 10.4. The molecule has 1 N–H and O–H groups in total. The van der Waals surface area contributed by atoms with Gasteiger partial charge in [0.05, 0.1) is 11.0 Å².